The number of carbonyl (C=O) groups excluding carboxylic acids is 3. The van der Waals surface area contributed by atoms with Gasteiger partial charge in [0.1, 0.15) is 17.9 Å². The van der Waals surface area contributed by atoms with Crippen molar-refractivity contribution < 1.29 is 19.1 Å². The summed E-state index contributed by atoms with van der Waals surface area (Å²) < 4.78 is 5.90. The Labute approximate surface area is 210 Å². The highest BCUT2D eigenvalue weighted by atomic mass is 35.5. The van der Waals surface area contributed by atoms with Crippen molar-refractivity contribution in [3.05, 3.63) is 98.0 Å². The molecule has 172 valence electrons. The molecule has 1 heterocycles. The molecule has 4 amide bonds. The molecule has 34 heavy (non-hydrogen) atoms. The van der Waals surface area contributed by atoms with Crippen molar-refractivity contribution in [3.63, 3.8) is 0 Å². The number of hydrogen-bond acceptors (Lipinski definition) is 4. The maximum atomic E-state index is 13.2. The van der Waals surface area contributed by atoms with E-state index in [1.54, 1.807) is 49.4 Å². The van der Waals surface area contributed by atoms with Gasteiger partial charge >= 0.3 is 6.03 Å². The maximum Gasteiger partial charge on any atom is 0.335 e. The summed E-state index contributed by atoms with van der Waals surface area (Å²) in [4.78, 5) is 39.1. The van der Waals surface area contributed by atoms with Crippen LogP contribution in [0.3, 0.4) is 0 Å². The number of hydrogen-bond donors (Lipinski definition) is 1. The van der Waals surface area contributed by atoms with Crippen LogP contribution in [0.5, 0.6) is 5.75 Å². The van der Waals surface area contributed by atoms with Crippen LogP contribution in [0, 0.1) is 6.92 Å². The Morgan fingerprint density at radius 3 is 2.32 bits per heavy atom. The summed E-state index contributed by atoms with van der Waals surface area (Å²) in [5.41, 5.74) is 2.04. The van der Waals surface area contributed by atoms with E-state index >= 15 is 0 Å². The average molecular weight is 516 g/mol. The lowest BCUT2D eigenvalue weighted by molar-refractivity contribution is -0.122. The molecule has 1 N–H and O–H groups in total. The molecule has 0 saturated carbocycles. The normalized spacial score (nSPS) is 15.0. The molecule has 0 spiro atoms. The summed E-state index contributed by atoms with van der Waals surface area (Å²) in [6, 6.07) is 15.9. The fraction of sp³-hybridized carbons (Fsp3) is 0.0800. The molecular weight excluding hydrogens is 499 g/mol. The highest BCUT2D eigenvalue weighted by Crippen LogP contribution is 2.30. The quantitative estimate of drug-likeness (QED) is 0.324. The number of anilines is 1. The average Bonchev–Trinajstić information content (AvgIpc) is 2.79. The molecule has 0 radical (unpaired) electrons. The van der Waals surface area contributed by atoms with Crippen molar-refractivity contribution in [3.8, 4) is 5.75 Å². The van der Waals surface area contributed by atoms with E-state index in [-0.39, 0.29) is 17.9 Å². The Bertz CT molecular complexity index is 1340. The van der Waals surface area contributed by atoms with Gasteiger partial charge in [-0.1, -0.05) is 53.0 Å². The molecule has 1 aliphatic rings. The molecule has 0 aromatic heterocycles. The molecule has 4 rings (SSSR count). The van der Waals surface area contributed by atoms with Gasteiger partial charge in [0.15, 0.2) is 0 Å². The lowest BCUT2D eigenvalue weighted by Crippen LogP contribution is -2.54. The van der Waals surface area contributed by atoms with Crippen molar-refractivity contribution in [1.82, 2.24) is 5.32 Å². The third-order valence-electron chi connectivity index (χ3n) is 5.09. The largest absolute Gasteiger partial charge is 0.488 e. The molecule has 0 aliphatic carbocycles. The van der Waals surface area contributed by atoms with E-state index in [4.69, 9.17) is 39.5 Å². The predicted octanol–water partition coefficient (Wildman–Crippen LogP) is 6.20. The molecule has 1 fully saturated rings. The minimum atomic E-state index is -0.864. The first-order valence-electron chi connectivity index (χ1n) is 10.1. The van der Waals surface area contributed by atoms with Crippen molar-refractivity contribution in [1.29, 1.82) is 0 Å². The van der Waals surface area contributed by atoms with Crippen LogP contribution in [0.4, 0.5) is 10.5 Å². The zero-order valence-electron chi connectivity index (χ0n) is 17.8. The fourth-order valence-electron chi connectivity index (χ4n) is 3.27. The van der Waals surface area contributed by atoms with Crippen LogP contribution in [-0.4, -0.2) is 17.8 Å². The number of ether oxygens (including phenoxy) is 1. The van der Waals surface area contributed by atoms with Gasteiger partial charge in [-0.2, -0.15) is 0 Å². The van der Waals surface area contributed by atoms with E-state index in [9.17, 15) is 14.4 Å². The number of nitrogens with one attached hydrogen (secondary N) is 1. The van der Waals surface area contributed by atoms with Crippen LogP contribution >= 0.6 is 34.8 Å². The second-order valence-electron chi connectivity index (χ2n) is 7.49. The highest BCUT2D eigenvalue weighted by molar-refractivity contribution is 6.39. The summed E-state index contributed by atoms with van der Waals surface area (Å²) in [5, 5.41) is 3.56. The molecule has 0 bridgehead atoms. The number of rotatable bonds is 5. The second-order valence-corrected chi connectivity index (χ2v) is 8.77. The zero-order chi connectivity index (χ0) is 24.4. The smallest absolute Gasteiger partial charge is 0.335 e. The van der Waals surface area contributed by atoms with Crippen LogP contribution in [0.15, 0.2) is 66.2 Å². The number of urea groups is 1. The monoisotopic (exact) mass is 514 g/mol. The van der Waals surface area contributed by atoms with Gasteiger partial charge in [-0.05, 0) is 66.6 Å². The van der Waals surface area contributed by atoms with Gasteiger partial charge in [0, 0.05) is 20.6 Å². The van der Waals surface area contributed by atoms with Gasteiger partial charge < -0.3 is 4.74 Å². The van der Waals surface area contributed by atoms with E-state index in [0.29, 0.717) is 26.4 Å². The maximum absolute atomic E-state index is 13.2. The van der Waals surface area contributed by atoms with Crippen molar-refractivity contribution in [2.75, 3.05) is 4.90 Å². The molecule has 3 aromatic carbocycles. The van der Waals surface area contributed by atoms with Crippen LogP contribution in [0.25, 0.3) is 6.08 Å². The van der Waals surface area contributed by atoms with Gasteiger partial charge in [0.05, 0.1) is 5.69 Å². The number of carbonyl (C=O) groups is 3. The molecule has 9 heteroatoms. The van der Waals surface area contributed by atoms with Crippen LogP contribution in [0.1, 0.15) is 16.7 Å². The minimum Gasteiger partial charge on any atom is -0.488 e. The topological polar surface area (TPSA) is 75.7 Å². The number of halogens is 3. The first-order chi connectivity index (χ1) is 16.2. The van der Waals surface area contributed by atoms with Gasteiger partial charge in [-0.25, -0.2) is 9.69 Å². The van der Waals surface area contributed by atoms with Crippen LogP contribution in [0.2, 0.25) is 15.1 Å². The van der Waals surface area contributed by atoms with Crippen molar-refractivity contribution in [2.45, 2.75) is 13.5 Å². The molecule has 0 atom stereocenters. The van der Waals surface area contributed by atoms with Crippen molar-refractivity contribution in [2.24, 2.45) is 0 Å². The summed E-state index contributed by atoms with van der Waals surface area (Å²) in [5.74, 6) is -1.22. The van der Waals surface area contributed by atoms with E-state index in [1.807, 2.05) is 12.1 Å². The Balaban J connectivity index is 1.67. The van der Waals surface area contributed by atoms with Gasteiger partial charge in [-0.15, -0.1) is 0 Å². The molecular formula is C25H17Cl3N2O4. The Morgan fingerprint density at radius 1 is 0.912 bits per heavy atom. The lowest BCUT2D eigenvalue weighted by atomic mass is 10.1. The first-order valence-corrected chi connectivity index (χ1v) is 11.2. The Kier molecular flexibility index (Phi) is 6.93. The van der Waals surface area contributed by atoms with Crippen molar-refractivity contribution >= 4 is 64.4 Å². The molecule has 1 aliphatic heterocycles. The number of imide groups is 2. The van der Waals surface area contributed by atoms with Gasteiger partial charge in [-0.3, -0.25) is 14.9 Å². The van der Waals surface area contributed by atoms with E-state index < -0.39 is 17.8 Å². The SMILES string of the molecule is Cc1ccc(N2C(=O)NC(=O)/C(=C\c3cc(Cl)ccc3OCc3ccc(Cl)cc3)C2=O)cc1Cl. The van der Waals surface area contributed by atoms with E-state index in [0.717, 1.165) is 16.0 Å². The standard InChI is InChI=1S/C25H17Cl3N2O4/c1-14-2-8-19(12-21(14)28)30-24(32)20(23(31)29-25(30)33)11-16-10-18(27)7-9-22(16)34-13-15-3-5-17(26)6-4-15/h2-12H,13H2,1H3,(H,29,31,33)/b20-11+. The zero-order valence-corrected chi connectivity index (χ0v) is 20.0. The summed E-state index contributed by atoms with van der Waals surface area (Å²) in [6.45, 7) is 2.02. The fourth-order valence-corrected chi connectivity index (χ4v) is 3.75. The number of aryl methyl sites for hydroxylation is 1. The molecule has 6 nitrogen and oxygen atoms in total. The molecule has 1 saturated heterocycles. The number of amides is 4. The van der Waals surface area contributed by atoms with Crippen LogP contribution in [-0.2, 0) is 16.2 Å². The predicted molar refractivity (Wildman–Crippen MR) is 132 cm³/mol. The van der Waals surface area contributed by atoms with Gasteiger partial charge in [0.25, 0.3) is 11.8 Å². The third-order valence-corrected chi connectivity index (χ3v) is 5.99. The number of nitrogens with zero attached hydrogens (tertiary/aromatic N) is 1. The van der Waals surface area contributed by atoms with Gasteiger partial charge in [0.2, 0.25) is 0 Å². The Hall–Kier alpha value is -3.32. The summed E-state index contributed by atoms with van der Waals surface area (Å²) in [7, 11) is 0. The van der Waals surface area contributed by atoms with E-state index in [1.165, 1.54) is 12.1 Å². The lowest BCUT2D eigenvalue weighted by Gasteiger charge is -2.26. The summed E-state index contributed by atoms with van der Waals surface area (Å²) in [6.07, 6.45) is 1.34. The third kappa shape index (κ3) is 5.09. The van der Waals surface area contributed by atoms with E-state index in [2.05, 4.69) is 5.32 Å². The highest BCUT2D eigenvalue weighted by Gasteiger charge is 2.37. The number of barbiturate groups is 1. The second kappa shape index (κ2) is 9.89. The van der Waals surface area contributed by atoms with Crippen LogP contribution < -0.4 is 15.0 Å². The minimum absolute atomic E-state index is 0.224. The molecule has 3 aromatic rings. The first kappa shape index (κ1) is 23.8. The molecule has 0 unspecified atom stereocenters. The Morgan fingerprint density at radius 2 is 1.62 bits per heavy atom. The summed E-state index contributed by atoms with van der Waals surface area (Å²) >= 11 is 18.2. The number of benzene rings is 3.